The minimum absolute atomic E-state index is 0.0369. The summed E-state index contributed by atoms with van der Waals surface area (Å²) < 4.78 is 0. The Morgan fingerprint density at radius 1 is 0.708 bits per heavy atom. The van der Waals surface area contributed by atoms with Crippen molar-refractivity contribution in [2.75, 3.05) is 0 Å². The maximum absolute atomic E-state index is 10.8. The number of benzene rings is 2. The molecular formula is C17H16O7. The van der Waals surface area contributed by atoms with Crippen LogP contribution in [0.3, 0.4) is 0 Å². The minimum Gasteiger partial charge on any atom is -0.508 e. The zero-order chi connectivity index (χ0) is 18.1. The third-order valence-electron chi connectivity index (χ3n) is 2.91. The smallest absolute Gasteiger partial charge is 0.372 e. The lowest BCUT2D eigenvalue weighted by Crippen LogP contribution is -2.14. The summed E-state index contributed by atoms with van der Waals surface area (Å²) in [6.07, 6.45) is -0.408. The Balaban J connectivity index is 0.000000243. The first-order valence-electron chi connectivity index (χ1n) is 6.83. The third kappa shape index (κ3) is 6.18. The van der Waals surface area contributed by atoms with Crippen molar-refractivity contribution in [3.63, 3.8) is 0 Å². The Kier molecular flexibility index (Phi) is 6.97. The number of carbonyl (C=O) groups is 3. The first kappa shape index (κ1) is 18.7. The number of aromatic hydroxyl groups is 2. The Morgan fingerprint density at radius 3 is 1.50 bits per heavy atom. The number of carboxylic acids is 2. The van der Waals surface area contributed by atoms with E-state index in [0.717, 1.165) is 0 Å². The van der Waals surface area contributed by atoms with Crippen LogP contribution >= 0.6 is 0 Å². The van der Waals surface area contributed by atoms with Crippen molar-refractivity contribution in [1.29, 1.82) is 0 Å². The quantitative estimate of drug-likeness (QED) is 0.611. The molecule has 0 amide bonds. The number of carbonyl (C=O) groups excluding carboxylic acids is 1. The molecule has 0 spiro atoms. The number of carboxylic acid groups (broad SMARTS) is 2. The van der Waals surface area contributed by atoms with Crippen molar-refractivity contribution in [1.82, 2.24) is 0 Å². The molecule has 0 fully saturated rings. The van der Waals surface area contributed by atoms with E-state index in [9.17, 15) is 19.5 Å². The lowest BCUT2D eigenvalue weighted by molar-refractivity contribution is -0.148. The van der Waals surface area contributed by atoms with E-state index in [1.54, 1.807) is 30.3 Å². The van der Waals surface area contributed by atoms with E-state index in [1.807, 2.05) is 0 Å². The summed E-state index contributed by atoms with van der Waals surface area (Å²) in [4.78, 5) is 31.1. The largest absolute Gasteiger partial charge is 0.508 e. The molecule has 0 aliphatic carbocycles. The van der Waals surface area contributed by atoms with E-state index in [-0.39, 0.29) is 24.3 Å². The Labute approximate surface area is 137 Å². The molecular weight excluding hydrogens is 316 g/mol. The fourth-order valence-electron chi connectivity index (χ4n) is 1.73. The second-order valence-corrected chi connectivity index (χ2v) is 4.73. The molecule has 0 atom stereocenters. The maximum Gasteiger partial charge on any atom is 0.372 e. The second-order valence-electron chi connectivity index (χ2n) is 4.73. The zero-order valence-corrected chi connectivity index (χ0v) is 12.5. The van der Waals surface area contributed by atoms with Gasteiger partial charge in [-0.15, -0.1) is 0 Å². The molecule has 4 N–H and O–H groups in total. The highest BCUT2D eigenvalue weighted by molar-refractivity contribution is 6.33. The number of para-hydroxylation sites is 2. The number of aliphatic carboxylic acids is 2. The summed E-state index contributed by atoms with van der Waals surface area (Å²) in [6, 6.07) is 12.6. The molecule has 0 aliphatic rings. The lowest BCUT2D eigenvalue weighted by atomic mass is 10.1. The average molecular weight is 332 g/mol. The van der Waals surface area contributed by atoms with Gasteiger partial charge in [-0.05, 0) is 12.1 Å². The van der Waals surface area contributed by atoms with Gasteiger partial charge in [-0.3, -0.25) is 9.59 Å². The molecule has 0 aliphatic heterocycles. The summed E-state index contributed by atoms with van der Waals surface area (Å²) in [7, 11) is 0. The van der Waals surface area contributed by atoms with Gasteiger partial charge in [0.05, 0.1) is 6.42 Å². The number of ketones is 1. The number of hydrogen-bond donors (Lipinski definition) is 4. The van der Waals surface area contributed by atoms with Gasteiger partial charge in [-0.25, -0.2) is 4.79 Å². The Bertz CT molecular complexity index is 737. The first-order chi connectivity index (χ1) is 11.3. The monoisotopic (exact) mass is 332 g/mol. The van der Waals surface area contributed by atoms with Crippen LogP contribution in [0.25, 0.3) is 0 Å². The molecule has 0 unspecified atom stereocenters. The predicted molar refractivity (Wildman–Crippen MR) is 83.9 cm³/mol. The fraction of sp³-hybridized carbons (Fsp3) is 0.118. The molecule has 0 radical (unpaired) electrons. The van der Waals surface area contributed by atoms with E-state index < -0.39 is 17.7 Å². The van der Waals surface area contributed by atoms with E-state index in [1.165, 1.54) is 18.2 Å². The fourth-order valence-corrected chi connectivity index (χ4v) is 1.73. The summed E-state index contributed by atoms with van der Waals surface area (Å²) >= 11 is 0. The molecule has 7 nitrogen and oxygen atoms in total. The number of Topliss-reactive ketones (excluding diaryl/α,β-unsaturated/α-hetero) is 1. The number of rotatable bonds is 5. The summed E-state index contributed by atoms with van der Waals surface area (Å²) in [6.45, 7) is 0. The van der Waals surface area contributed by atoms with Crippen LogP contribution in [-0.4, -0.2) is 38.1 Å². The number of hydrogen-bond acceptors (Lipinski definition) is 5. The molecule has 24 heavy (non-hydrogen) atoms. The molecule has 0 saturated carbocycles. The van der Waals surface area contributed by atoms with Crippen molar-refractivity contribution in [2.24, 2.45) is 0 Å². The highest BCUT2D eigenvalue weighted by Gasteiger charge is 2.13. The van der Waals surface area contributed by atoms with Crippen LogP contribution < -0.4 is 0 Å². The molecule has 2 aromatic rings. The van der Waals surface area contributed by atoms with Crippen LogP contribution in [0, 0.1) is 0 Å². The molecule has 0 saturated heterocycles. The molecule has 2 aromatic carbocycles. The van der Waals surface area contributed by atoms with Gasteiger partial charge in [0.2, 0.25) is 5.78 Å². The van der Waals surface area contributed by atoms with Crippen LogP contribution in [-0.2, 0) is 27.2 Å². The van der Waals surface area contributed by atoms with Crippen molar-refractivity contribution >= 4 is 17.7 Å². The van der Waals surface area contributed by atoms with Gasteiger partial charge in [0, 0.05) is 17.5 Å². The zero-order valence-electron chi connectivity index (χ0n) is 12.5. The second kappa shape index (κ2) is 8.94. The lowest BCUT2D eigenvalue weighted by Gasteiger charge is -1.99. The standard InChI is InChI=1S/C9H8O4.C8H8O3/c10-7-4-2-1-3-6(7)5-8(11)9(12)13;9-7-4-2-1-3-6(7)5-8(10)11/h1-4,10H,5H2,(H,12,13);1-4,9H,5H2,(H,10,11). The van der Waals surface area contributed by atoms with Gasteiger partial charge >= 0.3 is 11.9 Å². The number of phenols is 2. The highest BCUT2D eigenvalue weighted by Crippen LogP contribution is 2.16. The molecule has 126 valence electrons. The van der Waals surface area contributed by atoms with Crippen molar-refractivity contribution in [2.45, 2.75) is 12.8 Å². The Morgan fingerprint density at radius 2 is 1.12 bits per heavy atom. The van der Waals surface area contributed by atoms with Gasteiger partial charge in [-0.1, -0.05) is 36.4 Å². The average Bonchev–Trinajstić information content (AvgIpc) is 2.52. The first-order valence-corrected chi connectivity index (χ1v) is 6.83. The van der Waals surface area contributed by atoms with Crippen LogP contribution in [0.1, 0.15) is 11.1 Å². The third-order valence-corrected chi connectivity index (χ3v) is 2.91. The van der Waals surface area contributed by atoms with Gasteiger partial charge in [0.1, 0.15) is 11.5 Å². The van der Waals surface area contributed by atoms with Crippen molar-refractivity contribution in [3.8, 4) is 11.5 Å². The van der Waals surface area contributed by atoms with Crippen LogP contribution in [0.5, 0.6) is 11.5 Å². The molecule has 7 heteroatoms. The Hall–Kier alpha value is -3.35. The SMILES string of the molecule is O=C(O)C(=O)Cc1ccccc1O.O=C(O)Cc1ccccc1O. The van der Waals surface area contributed by atoms with Gasteiger partial charge < -0.3 is 20.4 Å². The molecule has 0 aromatic heterocycles. The predicted octanol–water partition coefficient (Wildman–Crippen LogP) is 1.61. The van der Waals surface area contributed by atoms with E-state index >= 15 is 0 Å². The normalized spacial score (nSPS) is 9.50. The molecule has 2 rings (SSSR count). The summed E-state index contributed by atoms with van der Waals surface area (Å²) in [5.74, 6) is -3.37. The van der Waals surface area contributed by atoms with Crippen LogP contribution in [0.4, 0.5) is 0 Å². The van der Waals surface area contributed by atoms with E-state index in [4.69, 9.17) is 15.3 Å². The van der Waals surface area contributed by atoms with E-state index in [0.29, 0.717) is 11.1 Å². The van der Waals surface area contributed by atoms with Crippen molar-refractivity contribution < 1.29 is 34.8 Å². The van der Waals surface area contributed by atoms with Gasteiger partial charge in [-0.2, -0.15) is 0 Å². The van der Waals surface area contributed by atoms with Gasteiger partial charge in [0.15, 0.2) is 0 Å². The highest BCUT2D eigenvalue weighted by atomic mass is 16.4. The summed E-state index contributed by atoms with van der Waals surface area (Å²) in [5.41, 5.74) is 0.773. The molecule has 0 heterocycles. The van der Waals surface area contributed by atoms with Crippen molar-refractivity contribution in [3.05, 3.63) is 59.7 Å². The minimum atomic E-state index is -1.48. The van der Waals surface area contributed by atoms with Gasteiger partial charge in [0.25, 0.3) is 0 Å². The molecule has 0 bridgehead atoms. The summed E-state index contributed by atoms with van der Waals surface area (Å²) in [5, 5.41) is 35.0. The van der Waals surface area contributed by atoms with Crippen LogP contribution in [0.2, 0.25) is 0 Å². The van der Waals surface area contributed by atoms with Crippen LogP contribution in [0.15, 0.2) is 48.5 Å². The van der Waals surface area contributed by atoms with E-state index in [2.05, 4.69) is 0 Å². The maximum atomic E-state index is 10.8. The number of phenolic OH excluding ortho intramolecular Hbond substituents is 2. The topological polar surface area (TPSA) is 132 Å².